The number of nitrogens with two attached hydrogens (primary N) is 1. The van der Waals surface area contributed by atoms with Crippen LogP contribution in [0.5, 0.6) is 0 Å². The molecule has 0 unspecified atom stereocenters. The molecule has 0 aromatic heterocycles. The molecule has 0 heterocycles. The third-order valence-corrected chi connectivity index (χ3v) is 2.26. The molecular formula is C11H26N2O. The summed E-state index contributed by atoms with van der Waals surface area (Å²) in [6.07, 6.45) is 3.04. The van der Waals surface area contributed by atoms with Crippen molar-refractivity contribution in [2.75, 3.05) is 26.2 Å². The summed E-state index contributed by atoms with van der Waals surface area (Å²) in [4.78, 5) is 2.38. The molecule has 0 aliphatic carbocycles. The van der Waals surface area contributed by atoms with E-state index in [1.807, 2.05) is 13.8 Å². The topological polar surface area (TPSA) is 49.5 Å². The molecular weight excluding hydrogens is 176 g/mol. The summed E-state index contributed by atoms with van der Waals surface area (Å²) in [5, 5.41) is 9.61. The first-order chi connectivity index (χ1) is 6.49. The Labute approximate surface area is 88.3 Å². The summed E-state index contributed by atoms with van der Waals surface area (Å²) in [5.74, 6) is 0. The van der Waals surface area contributed by atoms with Gasteiger partial charge in [-0.15, -0.1) is 0 Å². The van der Waals surface area contributed by atoms with E-state index in [0.717, 1.165) is 45.4 Å². The molecule has 0 spiro atoms. The van der Waals surface area contributed by atoms with E-state index >= 15 is 0 Å². The van der Waals surface area contributed by atoms with Crippen LogP contribution in [0.4, 0.5) is 0 Å². The average Bonchev–Trinajstić information content (AvgIpc) is 2.08. The lowest BCUT2D eigenvalue weighted by molar-refractivity contribution is 0.0575. The molecule has 0 radical (unpaired) electrons. The number of aliphatic hydroxyl groups is 1. The first-order valence-electron chi connectivity index (χ1n) is 5.64. The molecule has 0 saturated heterocycles. The summed E-state index contributed by atoms with van der Waals surface area (Å²) in [6, 6.07) is 0. The highest BCUT2D eigenvalue weighted by atomic mass is 16.3. The molecule has 86 valence electrons. The first-order valence-corrected chi connectivity index (χ1v) is 5.64. The molecule has 0 amide bonds. The molecule has 0 aromatic rings. The molecule has 3 heteroatoms. The summed E-state index contributed by atoms with van der Waals surface area (Å²) in [6.45, 7) is 9.79. The van der Waals surface area contributed by atoms with E-state index in [4.69, 9.17) is 5.73 Å². The van der Waals surface area contributed by atoms with Gasteiger partial charge in [-0.05, 0) is 52.7 Å². The monoisotopic (exact) mass is 202 g/mol. The fraction of sp³-hybridized carbons (Fsp3) is 1.00. The molecule has 14 heavy (non-hydrogen) atoms. The van der Waals surface area contributed by atoms with Crippen molar-refractivity contribution >= 4 is 0 Å². The maximum Gasteiger partial charge on any atom is 0.0603 e. The number of rotatable bonds is 8. The van der Waals surface area contributed by atoms with Gasteiger partial charge in [-0.2, -0.15) is 0 Å². The van der Waals surface area contributed by atoms with E-state index in [0.29, 0.717) is 0 Å². The van der Waals surface area contributed by atoms with E-state index < -0.39 is 5.60 Å². The van der Waals surface area contributed by atoms with Crippen LogP contribution in [0.1, 0.15) is 40.0 Å². The van der Waals surface area contributed by atoms with E-state index in [-0.39, 0.29) is 0 Å². The van der Waals surface area contributed by atoms with Gasteiger partial charge < -0.3 is 15.7 Å². The van der Waals surface area contributed by atoms with Crippen LogP contribution in [-0.4, -0.2) is 41.8 Å². The predicted octanol–water partition coefficient (Wildman–Crippen LogP) is 1.21. The van der Waals surface area contributed by atoms with Crippen molar-refractivity contribution in [1.82, 2.24) is 4.90 Å². The van der Waals surface area contributed by atoms with Crippen LogP contribution in [-0.2, 0) is 0 Å². The van der Waals surface area contributed by atoms with Gasteiger partial charge in [0, 0.05) is 6.54 Å². The van der Waals surface area contributed by atoms with Gasteiger partial charge in [0.1, 0.15) is 0 Å². The maximum absolute atomic E-state index is 9.61. The zero-order valence-corrected chi connectivity index (χ0v) is 9.92. The SMILES string of the molecule is CCCN(CCCN)CCC(C)(C)O. The van der Waals surface area contributed by atoms with Crippen LogP contribution >= 0.6 is 0 Å². The third-order valence-electron chi connectivity index (χ3n) is 2.26. The zero-order chi connectivity index (χ0) is 11.0. The lowest BCUT2D eigenvalue weighted by atomic mass is 10.1. The summed E-state index contributed by atoms with van der Waals surface area (Å²) >= 11 is 0. The predicted molar refractivity (Wildman–Crippen MR) is 61.3 cm³/mol. The van der Waals surface area contributed by atoms with Crippen molar-refractivity contribution in [3.63, 3.8) is 0 Å². The summed E-state index contributed by atoms with van der Waals surface area (Å²) < 4.78 is 0. The highest BCUT2D eigenvalue weighted by Gasteiger charge is 2.14. The highest BCUT2D eigenvalue weighted by molar-refractivity contribution is 4.68. The van der Waals surface area contributed by atoms with Crippen LogP contribution in [0.2, 0.25) is 0 Å². The summed E-state index contributed by atoms with van der Waals surface area (Å²) in [5.41, 5.74) is 4.93. The smallest absolute Gasteiger partial charge is 0.0603 e. The molecule has 0 fully saturated rings. The van der Waals surface area contributed by atoms with Crippen molar-refractivity contribution in [3.8, 4) is 0 Å². The Morgan fingerprint density at radius 3 is 2.29 bits per heavy atom. The van der Waals surface area contributed by atoms with E-state index in [2.05, 4.69) is 11.8 Å². The molecule has 0 saturated carbocycles. The second-order valence-electron chi connectivity index (χ2n) is 4.55. The normalized spacial score (nSPS) is 12.4. The van der Waals surface area contributed by atoms with Crippen molar-refractivity contribution in [1.29, 1.82) is 0 Å². The van der Waals surface area contributed by atoms with E-state index in [9.17, 15) is 5.11 Å². The molecule has 3 N–H and O–H groups in total. The Hall–Kier alpha value is -0.120. The average molecular weight is 202 g/mol. The van der Waals surface area contributed by atoms with Crippen molar-refractivity contribution < 1.29 is 5.11 Å². The number of nitrogens with zero attached hydrogens (tertiary/aromatic N) is 1. The fourth-order valence-corrected chi connectivity index (χ4v) is 1.40. The van der Waals surface area contributed by atoms with Gasteiger partial charge in [-0.25, -0.2) is 0 Å². The van der Waals surface area contributed by atoms with Crippen molar-refractivity contribution in [2.24, 2.45) is 5.73 Å². The van der Waals surface area contributed by atoms with Crippen LogP contribution in [0.25, 0.3) is 0 Å². The summed E-state index contributed by atoms with van der Waals surface area (Å²) in [7, 11) is 0. The standard InChI is InChI=1S/C11H26N2O/c1-4-8-13(9-5-7-12)10-6-11(2,3)14/h14H,4-10,12H2,1-3H3. The lowest BCUT2D eigenvalue weighted by Crippen LogP contribution is -2.33. The molecule has 0 aliphatic rings. The highest BCUT2D eigenvalue weighted by Crippen LogP contribution is 2.08. The molecule has 0 rings (SSSR count). The van der Waals surface area contributed by atoms with Gasteiger partial charge in [0.25, 0.3) is 0 Å². The van der Waals surface area contributed by atoms with E-state index in [1.165, 1.54) is 0 Å². The van der Waals surface area contributed by atoms with Gasteiger partial charge in [-0.1, -0.05) is 6.92 Å². The number of hydrogen-bond donors (Lipinski definition) is 2. The molecule has 3 nitrogen and oxygen atoms in total. The van der Waals surface area contributed by atoms with E-state index in [1.54, 1.807) is 0 Å². The fourth-order valence-electron chi connectivity index (χ4n) is 1.40. The zero-order valence-electron chi connectivity index (χ0n) is 9.92. The Kier molecular flexibility index (Phi) is 7.15. The largest absolute Gasteiger partial charge is 0.390 e. The van der Waals surface area contributed by atoms with Gasteiger partial charge in [0.05, 0.1) is 5.60 Å². The second-order valence-corrected chi connectivity index (χ2v) is 4.55. The van der Waals surface area contributed by atoms with Gasteiger partial charge >= 0.3 is 0 Å². The Bertz CT molecular complexity index is 132. The van der Waals surface area contributed by atoms with Crippen LogP contribution in [0.15, 0.2) is 0 Å². The molecule has 0 atom stereocenters. The molecule has 0 bridgehead atoms. The third kappa shape index (κ3) is 8.48. The minimum atomic E-state index is -0.547. The maximum atomic E-state index is 9.61. The Morgan fingerprint density at radius 2 is 1.86 bits per heavy atom. The lowest BCUT2D eigenvalue weighted by Gasteiger charge is -2.25. The van der Waals surface area contributed by atoms with Crippen molar-refractivity contribution in [2.45, 2.75) is 45.6 Å². The van der Waals surface area contributed by atoms with Gasteiger partial charge in [-0.3, -0.25) is 0 Å². The first kappa shape index (κ1) is 13.9. The van der Waals surface area contributed by atoms with Crippen LogP contribution in [0, 0.1) is 0 Å². The van der Waals surface area contributed by atoms with Crippen LogP contribution in [0.3, 0.4) is 0 Å². The molecule has 0 aliphatic heterocycles. The Balaban J connectivity index is 3.72. The van der Waals surface area contributed by atoms with Crippen molar-refractivity contribution in [3.05, 3.63) is 0 Å². The quantitative estimate of drug-likeness (QED) is 0.622. The minimum Gasteiger partial charge on any atom is -0.390 e. The second kappa shape index (κ2) is 7.21. The molecule has 0 aromatic carbocycles. The van der Waals surface area contributed by atoms with Gasteiger partial charge in [0.2, 0.25) is 0 Å². The number of hydrogen-bond acceptors (Lipinski definition) is 3. The van der Waals surface area contributed by atoms with Crippen LogP contribution < -0.4 is 5.73 Å². The Morgan fingerprint density at radius 1 is 1.21 bits per heavy atom. The van der Waals surface area contributed by atoms with Gasteiger partial charge in [0.15, 0.2) is 0 Å². The minimum absolute atomic E-state index is 0.547.